The first-order chi connectivity index (χ1) is 9.63. The average molecular weight is 348 g/mol. The van der Waals surface area contributed by atoms with Crippen molar-refractivity contribution < 1.29 is 0 Å². The van der Waals surface area contributed by atoms with Crippen molar-refractivity contribution in [3.63, 3.8) is 0 Å². The molecule has 0 aliphatic carbocycles. The van der Waals surface area contributed by atoms with Gasteiger partial charge < -0.3 is 5.32 Å². The van der Waals surface area contributed by atoms with Crippen LogP contribution in [0.25, 0.3) is 10.9 Å². The van der Waals surface area contributed by atoms with Crippen LogP contribution in [0, 0.1) is 6.92 Å². The summed E-state index contributed by atoms with van der Waals surface area (Å²) in [5.74, 6) is 0. The van der Waals surface area contributed by atoms with Crippen molar-refractivity contribution in [2.24, 2.45) is 0 Å². The van der Waals surface area contributed by atoms with Crippen molar-refractivity contribution >= 4 is 49.8 Å². The number of nitrogens with zero attached hydrogens (tertiary/aromatic N) is 1. The van der Waals surface area contributed by atoms with Crippen molar-refractivity contribution in [3.05, 3.63) is 63.7 Å². The normalized spacial score (nSPS) is 10.8. The van der Waals surface area contributed by atoms with Crippen molar-refractivity contribution in [1.82, 2.24) is 4.98 Å². The molecule has 2 aromatic carbocycles. The maximum absolute atomic E-state index is 5.99. The molecule has 0 saturated carbocycles. The van der Waals surface area contributed by atoms with Crippen molar-refractivity contribution in [3.8, 4) is 0 Å². The topological polar surface area (TPSA) is 24.9 Å². The maximum Gasteiger partial charge on any atom is 0.0723 e. The fourth-order valence-corrected chi connectivity index (χ4v) is 2.73. The number of benzene rings is 2. The Bertz CT molecular complexity index is 787. The molecule has 0 atom stereocenters. The van der Waals surface area contributed by atoms with E-state index >= 15 is 0 Å². The fourth-order valence-electron chi connectivity index (χ4n) is 2.14. The molecule has 1 heterocycles. The number of anilines is 2. The van der Waals surface area contributed by atoms with Gasteiger partial charge in [-0.3, -0.25) is 4.98 Å². The Morgan fingerprint density at radius 2 is 1.90 bits per heavy atom. The third-order valence-corrected chi connectivity index (χ3v) is 3.89. The summed E-state index contributed by atoms with van der Waals surface area (Å²) in [6, 6.07) is 13.9. The molecule has 3 aromatic rings. The highest BCUT2D eigenvalue weighted by molar-refractivity contribution is 9.10. The first-order valence-electron chi connectivity index (χ1n) is 6.21. The lowest BCUT2D eigenvalue weighted by atomic mass is 10.1. The minimum Gasteiger partial charge on any atom is -0.355 e. The number of hydrogen-bond acceptors (Lipinski definition) is 2. The monoisotopic (exact) mass is 346 g/mol. The molecule has 0 bridgehead atoms. The Labute approximate surface area is 130 Å². The number of aryl methyl sites for hydroxylation is 1. The first kappa shape index (κ1) is 13.4. The molecular formula is C16H12BrClN2. The van der Waals surface area contributed by atoms with E-state index < -0.39 is 0 Å². The average Bonchev–Trinajstić information content (AvgIpc) is 2.42. The molecule has 2 nitrogen and oxygen atoms in total. The van der Waals surface area contributed by atoms with E-state index in [-0.39, 0.29) is 0 Å². The molecule has 0 aliphatic rings. The smallest absolute Gasteiger partial charge is 0.0723 e. The Hall–Kier alpha value is -1.58. The number of nitrogens with one attached hydrogen (secondary N) is 1. The van der Waals surface area contributed by atoms with Crippen molar-refractivity contribution in [1.29, 1.82) is 0 Å². The van der Waals surface area contributed by atoms with Gasteiger partial charge in [0.2, 0.25) is 0 Å². The van der Waals surface area contributed by atoms with Gasteiger partial charge in [-0.1, -0.05) is 27.5 Å². The quantitative estimate of drug-likeness (QED) is 0.643. The molecule has 0 fully saturated rings. The summed E-state index contributed by atoms with van der Waals surface area (Å²) in [4.78, 5) is 4.38. The zero-order valence-electron chi connectivity index (χ0n) is 10.8. The van der Waals surface area contributed by atoms with Crippen molar-refractivity contribution in [2.75, 3.05) is 5.32 Å². The molecule has 0 saturated heterocycles. The summed E-state index contributed by atoms with van der Waals surface area (Å²) < 4.78 is 1.04. The lowest BCUT2D eigenvalue weighted by Gasteiger charge is -2.12. The van der Waals surface area contributed by atoms with Crippen LogP contribution in [0.4, 0.5) is 11.4 Å². The predicted molar refractivity (Wildman–Crippen MR) is 88.9 cm³/mol. The number of hydrogen-bond donors (Lipinski definition) is 1. The molecule has 0 spiro atoms. The van der Waals surface area contributed by atoms with E-state index in [1.54, 1.807) is 0 Å². The lowest BCUT2D eigenvalue weighted by molar-refractivity contribution is 1.39. The predicted octanol–water partition coefficient (Wildman–Crippen LogP) is 5.70. The summed E-state index contributed by atoms with van der Waals surface area (Å²) in [6.45, 7) is 2.04. The fraction of sp³-hybridized carbons (Fsp3) is 0.0625. The first-order valence-corrected chi connectivity index (χ1v) is 7.38. The largest absolute Gasteiger partial charge is 0.355 e. The summed E-state index contributed by atoms with van der Waals surface area (Å²) >= 11 is 9.49. The third kappa shape index (κ3) is 2.65. The Morgan fingerprint density at radius 1 is 1.05 bits per heavy atom. The number of pyridine rings is 1. The lowest BCUT2D eigenvalue weighted by Crippen LogP contribution is -1.95. The van der Waals surface area contributed by atoms with E-state index in [1.807, 2.05) is 49.5 Å². The molecule has 0 unspecified atom stereocenters. The van der Waals surface area contributed by atoms with Crippen LogP contribution < -0.4 is 5.32 Å². The van der Waals surface area contributed by atoms with Crippen LogP contribution in [0.3, 0.4) is 0 Å². The van der Waals surface area contributed by atoms with Crippen LogP contribution in [0.15, 0.2) is 53.1 Å². The minimum absolute atomic E-state index is 0.746. The molecule has 3 rings (SSSR count). The van der Waals surface area contributed by atoms with Gasteiger partial charge >= 0.3 is 0 Å². The Morgan fingerprint density at radius 3 is 2.70 bits per heavy atom. The summed E-state index contributed by atoms with van der Waals surface area (Å²) in [6.07, 6.45) is 1.81. The molecular weight excluding hydrogens is 336 g/mol. The van der Waals surface area contributed by atoms with Gasteiger partial charge in [-0.25, -0.2) is 0 Å². The van der Waals surface area contributed by atoms with Crippen LogP contribution in [-0.2, 0) is 0 Å². The van der Waals surface area contributed by atoms with E-state index in [4.69, 9.17) is 11.6 Å². The highest BCUT2D eigenvalue weighted by Gasteiger charge is 2.05. The van der Waals surface area contributed by atoms with Crippen LogP contribution in [0.5, 0.6) is 0 Å². The summed E-state index contributed by atoms with van der Waals surface area (Å²) in [5.41, 5.74) is 4.14. The zero-order chi connectivity index (χ0) is 14.1. The van der Waals surface area contributed by atoms with Crippen molar-refractivity contribution in [2.45, 2.75) is 6.92 Å². The number of fused-ring (bicyclic) bond motifs is 1. The van der Waals surface area contributed by atoms with E-state index in [9.17, 15) is 0 Å². The number of halogens is 2. The van der Waals surface area contributed by atoms with Gasteiger partial charge in [0.15, 0.2) is 0 Å². The molecule has 1 N–H and O–H groups in total. The van der Waals surface area contributed by atoms with Gasteiger partial charge in [0.05, 0.1) is 5.52 Å². The zero-order valence-corrected chi connectivity index (χ0v) is 13.2. The maximum atomic E-state index is 5.99. The molecule has 4 heteroatoms. The van der Waals surface area contributed by atoms with E-state index in [1.165, 1.54) is 0 Å². The molecule has 100 valence electrons. The second kappa shape index (κ2) is 5.43. The van der Waals surface area contributed by atoms with E-state index in [2.05, 4.69) is 32.3 Å². The standard InChI is InChI=1S/C16H12BrClN2/c1-10-8-12(18)3-5-14(10)20-16-6-7-19-15-4-2-11(17)9-13(15)16/h2-9H,1H3,(H,19,20). The highest BCUT2D eigenvalue weighted by Crippen LogP contribution is 2.29. The summed E-state index contributed by atoms with van der Waals surface area (Å²) in [7, 11) is 0. The Kier molecular flexibility index (Phi) is 3.64. The molecule has 0 aliphatic heterocycles. The highest BCUT2D eigenvalue weighted by atomic mass is 79.9. The van der Waals surface area contributed by atoms with Gasteiger partial charge in [-0.05, 0) is 55.0 Å². The van der Waals surface area contributed by atoms with Gasteiger partial charge in [0.25, 0.3) is 0 Å². The van der Waals surface area contributed by atoms with Crippen LogP contribution in [0.2, 0.25) is 5.02 Å². The second-order valence-corrected chi connectivity index (χ2v) is 5.96. The molecule has 0 amide bonds. The van der Waals surface area contributed by atoms with E-state index in [0.717, 1.165) is 37.3 Å². The third-order valence-electron chi connectivity index (χ3n) is 3.16. The Balaban J connectivity index is 2.08. The van der Waals surface area contributed by atoms with E-state index in [0.29, 0.717) is 0 Å². The SMILES string of the molecule is Cc1cc(Cl)ccc1Nc1ccnc2ccc(Br)cc12. The minimum atomic E-state index is 0.746. The number of aromatic nitrogens is 1. The van der Waals surface area contributed by atoms with Gasteiger partial charge in [0, 0.05) is 32.5 Å². The van der Waals surface area contributed by atoms with Gasteiger partial charge in [-0.2, -0.15) is 0 Å². The molecule has 20 heavy (non-hydrogen) atoms. The number of rotatable bonds is 2. The van der Waals surface area contributed by atoms with Gasteiger partial charge in [-0.15, -0.1) is 0 Å². The van der Waals surface area contributed by atoms with Crippen LogP contribution in [0.1, 0.15) is 5.56 Å². The second-order valence-electron chi connectivity index (χ2n) is 4.60. The van der Waals surface area contributed by atoms with Gasteiger partial charge in [0.1, 0.15) is 0 Å². The van der Waals surface area contributed by atoms with Crippen LogP contribution >= 0.6 is 27.5 Å². The van der Waals surface area contributed by atoms with Crippen LogP contribution in [-0.4, -0.2) is 4.98 Å². The molecule has 0 radical (unpaired) electrons. The molecule has 1 aromatic heterocycles. The summed E-state index contributed by atoms with van der Waals surface area (Å²) in [5, 5.41) is 5.28.